The van der Waals surface area contributed by atoms with Gasteiger partial charge in [-0.15, -0.1) is 0 Å². The molecule has 1 aliphatic heterocycles. The highest BCUT2D eigenvalue weighted by molar-refractivity contribution is 6.31. The normalized spacial score (nSPS) is 19.4. The van der Waals surface area contributed by atoms with E-state index in [-0.39, 0.29) is 0 Å². The Morgan fingerprint density at radius 3 is 2.76 bits per heavy atom. The van der Waals surface area contributed by atoms with Gasteiger partial charge in [0.25, 0.3) is 0 Å². The number of nitrogens with two attached hydrogens (primary N) is 2. The van der Waals surface area contributed by atoms with Gasteiger partial charge in [0.15, 0.2) is 0 Å². The van der Waals surface area contributed by atoms with Crippen molar-refractivity contribution in [3.8, 4) is 0 Å². The molecular formula is C30H45Cl2FN8. The summed E-state index contributed by atoms with van der Waals surface area (Å²) in [6.45, 7) is 9.39. The third-order valence-corrected chi connectivity index (χ3v) is 7.00. The predicted molar refractivity (Wildman–Crippen MR) is 173 cm³/mol. The van der Waals surface area contributed by atoms with Crippen LogP contribution in [0.2, 0.25) is 0 Å². The molecule has 1 unspecified atom stereocenters. The number of hydrogen-bond donors (Lipinski definition) is 5. The molecule has 0 bridgehead atoms. The number of hydrogen-bond acceptors (Lipinski definition) is 6. The maximum atomic E-state index is 13.3. The molecule has 1 heterocycles. The number of nitrogens with one attached hydrogen (secondary N) is 3. The molecule has 0 saturated carbocycles. The average molecular weight is 608 g/mol. The number of piperidine rings is 1. The minimum absolute atomic E-state index is 0.332. The average Bonchev–Trinajstić information content (AvgIpc) is 3.14. The first-order valence-corrected chi connectivity index (χ1v) is 14.9. The third-order valence-electron chi connectivity index (χ3n) is 6.49. The molecule has 1 atom stereocenters. The lowest BCUT2D eigenvalue weighted by Crippen LogP contribution is -2.47. The van der Waals surface area contributed by atoms with Crippen LogP contribution >= 0.6 is 23.2 Å². The summed E-state index contributed by atoms with van der Waals surface area (Å²) in [6.07, 6.45) is 18.4. The van der Waals surface area contributed by atoms with E-state index < -0.39 is 5.83 Å². The molecule has 0 aromatic carbocycles. The van der Waals surface area contributed by atoms with E-state index in [1.54, 1.807) is 13.0 Å². The van der Waals surface area contributed by atoms with Crippen LogP contribution in [0.15, 0.2) is 91.7 Å². The van der Waals surface area contributed by atoms with Gasteiger partial charge in [0, 0.05) is 48.2 Å². The quantitative estimate of drug-likeness (QED) is 0.0577. The molecule has 2 rings (SSSR count). The van der Waals surface area contributed by atoms with Crippen molar-refractivity contribution < 1.29 is 4.39 Å². The van der Waals surface area contributed by atoms with Crippen molar-refractivity contribution in [1.29, 1.82) is 0 Å². The Bertz CT molecular complexity index is 1110. The van der Waals surface area contributed by atoms with E-state index in [4.69, 9.17) is 34.8 Å². The van der Waals surface area contributed by atoms with Crippen molar-refractivity contribution >= 4 is 35.4 Å². The molecule has 7 N–H and O–H groups in total. The van der Waals surface area contributed by atoms with Crippen LogP contribution in [0.3, 0.4) is 0 Å². The van der Waals surface area contributed by atoms with Gasteiger partial charge in [-0.05, 0) is 75.9 Å². The number of hydrazine groups is 1. The Morgan fingerprint density at radius 2 is 2.05 bits per heavy atom. The maximum absolute atomic E-state index is 13.3. The third kappa shape index (κ3) is 14.2. The summed E-state index contributed by atoms with van der Waals surface area (Å²) in [6, 6.07) is 0.406. The van der Waals surface area contributed by atoms with Gasteiger partial charge in [-0.1, -0.05) is 55.3 Å². The smallest absolute Gasteiger partial charge is 0.134 e. The molecule has 1 fully saturated rings. The minimum atomic E-state index is -0.535. The lowest BCUT2D eigenvalue weighted by molar-refractivity contribution is 0.182. The van der Waals surface area contributed by atoms with Gasteiger partial charge in [-0.2, -0.15) is 0 Å². The molecule has 11 heteroatoms. The van der Waals surface area contributed by atoms with E-state index in [0.717, 1.165) is 62.2 Å². The van der Waals surface area contributed by atoms with E-state index >= 15 is 0 Å². The summed E-state index contributed by atoms with van der Waals surface area (Å²) in [5, 5.41) is 12.4. The molecular weight excluding hydrogens is 562 g/mol. The van der Waals surface area contributed by atoms with E-state index in [0.29, 0.717) is 47.2 Å². The SMILES string of the molecule is CC\C=C(/C=C\C(F)=C\Cl)N/C(C)=N/C=N\C1=C(Cl)C=C(NCC(C)C/C(N)=C/CN(N)C2CCNCC2)CC=C1. The first kappa shape index (κ1) is 34.5. The van der Waals surface area contributed by atoms with Crippen molar-refractivity contribution in [2.45, 2.75) is 58.9 Å². The van der Waals surface area contributed by atoms with Crippen molar-refractivity contribution in [3.05, 3.63) is 81.7 Å². The highest BCUT2D eigenvalue weighted by Gasteiger charge is 2.17. The fraction of sp³-hybridized carbons (Fsp3) is 0.467. The molecule has 226 valence electrons. The van der Waals surface area contributed by atoms with Gasteiger partial charge in [-0.25, -0.2) is 19.4 Å². The number of aliphatic imine (C=N–C) groups is 2. The summed E-state index contributed by atoms with van der Waals surface area (Å²) >= 11 is 11.9. The van der Waals surface area contributed by atoms with Gasteiger partial charge >= 0.3 is 0 Å². The van der Waals surface area contributed by atoms with E-state index in [2.05, 4.69) is 32.9 Å². The summed E-state index contributed by atoms with van der Waals surface area (Å²) in [5.41, 5.74) is 10.3. The molecule has 8 nitrogen and oxygen atoms in total. The number of rotatable bonds is 14. The molecule has 0 spiro atoms. The Labute approximate surface area is 254 Å². The number of halogens is 3. The van der Waals surface area contributed by atoms with E-state index in [1.165, 1.54) is 12.4 Å². The van der Waals surface area contributed by atoms with Crippen LogP contribution in [0.1, 0.15) is 52.9 Å². The second kappa shape index (κ2) is 19.4. The standard InChI is InChI=1S/C30H45Cl2FN8/c1-4-6-26(10-9-24(33)19-31)40-23(3)38-21-39-30-8-5-7-27(18-29(30)32)37-20-22(2)17-25(34)13-16-41(35)28-11-14-36-15-12-28/h5-6,8-10,13,18-19,21-22,28,36-37H,4,7,11-12,14-17,20,34-35H2,1-3H3,(H,38,39,40)/b10-9-,24-19-,25-13-,26-6+. The van der Waals surface area contributed by atoms with Crippen LogP contribution in [0.4, 0.5) is 4.39 Å². The maximum Gasteiger partial charge on any atom is 0.134 e. The highest BCUT2D eigenvalue weighted by atomic mass is 35.5. The molecule has 1 aliphatic carbocycles. The second-order valence-corrected chi connectivity index (χ2v) is 10.8. The largest absolute Gasteiger partial charge is 0.402 e. The van der Waals surface area contributed by atoms with Gasteiger partial charge in [0.1, 0.15) is 18.0 Å². The van der Waals surface area contributed by atoms with Gasteiger partial charge in [0.05, 0.1) is 10.7 Å². The molecule has 2 aliphatic rings. The number of allylic oxidation sites excluding steroid dienone is 9. The van der Waals surface area contributed by atoms with Crippen LogP contribution in [-0.2, 0) is 0 Å². The van der Waals surface area contributed by atoms with Crippen LogP contribution in [-0.4, -0.2) is 49.4 Å². The molecule has 0 aromatic heterocycles. The van der Waals surface area contributed by atoms with Gasteiger partial charge < -0.3 is 21.7 Å². The predicted octanol–water partition coefficient (Wildman–Crippen LogP) is 5.60. The fourth-order valence-electron chi connectivity index (χ4n) is 4.27. The summed E-state index contributed by atoms with van der Waals surface area (Å²) in [7, 11) is 0. The zero-order chi connectivity index (χ0) is 30.0. The fourth-order valence-corrected chi connectivity index (χ4v) is 4.59. The lowest BCUT2D eigenvalue weighted by Gasteiger charge is -2.30. The number of amidine groups is 1. The van der Waals surface area contributed by atoms with Crippen molar-refractivity contribution in [2.24, 2.45) is 27.5 Å². The molecule has 1 saturated heterocycles. The molecule has 0 aromatic rings. The minimum Gasteiger partial charge on any atom is -0.402 e. The van der Waals surface area contributed by atoms with Crippen molar-refractivity contribution in [3.63, 3.8) is 0 Å². The zero-order valence-electron chi connectivity index (χ0n) is 24.3. The van der Waals surface area contributed by atoms with Gasteiger partial charge in [0.2, 0.25) is 0 Å². The Balaban J connectivity index is 1.88. The first-order chi connectivity index (χ1) is 19.7. The Kier molecular flexibility index (Phi) is 16.4. The topological polar surface area (TPSA) is 116 Å². The zero-order valence-corrected chi connectivity index (χ0v) is 25.9. The van der Waals surface area contributed by atoms with E-state index in [9.17, 15) is 4.39 Å². The van der Waals surface area contributed by atoms with Crippen molar-refractivity contribution in [1.82, 2.24) is 21.0 Å². The summed E-state index contributed by atoms with van der Waals surface area (Å²) < 4.78 is 13.3. The first-order valence-electron chi connectivity index (χ1n) is 14.1. The van der Waals surface area contributed by atoms with Crippen LogP contribution in [0.25, 0.3) is 0 Å². The molecule has 0 radical (unpaired) electrons. The van der Waals surface area contributed by atoms with E-state index in [1.807, 2.05) is 42.3 Å². The Morgan fingerprint density at radius 1 is 1.29 bits per heavy atom. The number of nitrogens with zero attached hydrogens (tertiary/aromatic N) is 3. The Hall–Kier alpha value is -2.69. The van der Waals surface area contributed by atoms with Gasteiger partial charge in [-0.3, -0.25) is 5.84 Å². The van der Waals surface area contributed by atoms with Crippen LogP contribution in [0, 0.1) is 5.92 Å². The van der Waals surface area contributed by atoms with Crippen molar-refractivity contribution in [2.75, 3.05) is 26.2 Å². The van der Waals surface area contributed by atoms with Crippen LogP contribution in [0.5, 0.6) is 0 Å². The highest BCUT2D eigenvalue weighted by Crippen LogP contribution is 2.21. The van der Waals surface area contributed by atoms with Crippen LogP contribution < -0.4 is 27.5 Å². The second-order valence-electron chi connectivity index (χ2n) is 10.1. The lowest BCUT2D eigenvalue weighted by atomic mass is 10.0. The summed E-state index contributed by atoms with van der Waals surface area (Å²) in [4.78, 5) is 8.73. The molecule has 0 amide bonds. The monoisotopic (exact) mass is 606 g/mol. The molecule has 41 heavy (non-hydrogen) atoms. The summed E-state index contributed by atoms with van der Waals surface area (Å²) in [5.74, 6) is 6.63.